The van der Waals surface area contributed by atoms with Gasteiger partial charge in [-0.1, -0.05) is 12.1 Å². The molecule has 0 aliphatic heterocycles. The van der Waals surface area contributed by atoms with E-state index in [0.717, 1.165) is 37.3 Å². The summed E-state index contributed by atoms with van der Waals surface area (Å²) >= 11 is 0. The van der Waals surface area contributed by atoms with Gasteiger partial charge in [0, 0.05) is 11.6 Å². The average molecular weight is 224 g/mol. The quantitative estimate of drug-likeness (QED) is 0.762. The normalized spacial score (nSPS) is 18.1. The van der Waals surface area contributed by atoms with Crippen molar-refractivity contribution in [3.8, 4) is 0 Å². The van der Waals surface area contributed by atoms with Crippen molar-refractivity contribution in [2.45, 2.75) is 31.8 Å². The number of aliphatic hydroxyl groups excluding tert-OH is 1. The Kier molecular flexibility index (Phi) is 3.34. The van der Waals surface area contributed by atoms with Crippen LogP contribution in [0.4, 0.5) is 8.78 Å². The minimum Gasteiger partial charge on any atom is -0.384 e. The molecule has 0 aromatic heterocycles. The van der Waals surface area contributed by atoms with Crippen LogP contribution in [0.5, 0.6) is 0 Å². The molecule has 2 rings (SSSR count). The molecule has 0 saturated carbocycles. The number of hydrogen-bond acceptors (Lipinski definition) is 1. The summed E-state index contributed by atoms with van der Waals surface area (Å²) in [6, 6.07) is 3.29. The van der Waals surface area contributed by atoms with Crippen LogP contribution in [-0.2, 0) is 0 Å². The minimum atomic E-state index is -0.930. The Bertz CT molecular complexity index is 412. The fourth-order valence-corrected chi connectivity index (χ4v) is 2.03. The molecular weight excluding hydrogens is 210 g/mol. The van der Waals surface area contributed by atoms with Crippen molar-refractivity contribution in [1.29, 1.82) is 0 Å². The maximum absolute atomic E-state index is 13.4. The third kappa shape index (κ3) is 2.30. The Balaban J connectivity index is 2.26. The highest BCUT2D eigenvalue weighted by Crippen LogP contribution is 2.31. The van der Waals surface area contributed by atoms with Gasteiger partial charge in [0.2, 0.25) is 0 Å². The van der Waals surface area contributed by atoms with E-state index >= 15 is 0 Å². The summed E-state index contributed by atoms with van der Waals surface area (Å²) < 4.78 is 26.1. The lowest BCUT2D eigenvalue weighted by Crippen LogP contribution is -2.07. The Morgan fingerprint density at radius 3 is 2.62 bits per heavy atom. The lowest BCUT2D eigenvalue weighted by Gasteiger charge is -2.19. The molecule has 1 aliphatic rings. The van der Waals surface area contributed by atoms with Crippen LogP contribution in [0.2, 0.25) is 0 Å². The Morgan fingerprint density at radius 1 is 1.19 bits per heavy atom. The second kappa shape index (κ2) is 4.74. The number of allylic oxidation sites excluding steroid dienone is 1. The van der Waals surface area contributed by atoms with E-state index in [1.165, 1.54) is 12.1 Å². The van der Waals surface area contributed by atoms with Crippen molar-refractivity contribution in [3.05, 3.63) is 47.0 Å². The number of aliphatic hydroxyl groups is 1. The smallest absolute Gasteiger partial charge is 0.132 e. The number of hydrogen-bond donors (Lipinski definition) is 1. The van der Waals surface area contributed by atoms with Gasteiger partial charge in [-0.25, -0.2) is 8.78 Å². The predicted molar refractivity (Wildman–Crippen MR) is 57.9 cm³/mol. The largest absolute Gasteiger partial charge is 0.384 e. The molecule has 0 radical (unpaired) electrons. The monoisotopic (exact) mass is 224 g/mol. The first-order valence-corrected chi connectivity index (χ1v) is 5.50. The van der Waals surface area contributed by atoms with Crippen LogP contribution >= 0.6 is 0 Å². The summed E-state index contributed by atoms with van der Waals surface area (Å²) in [6.45, 7) is 0. The van der Waals surface area contributed by atoms with Gasteiger partial charge in [0.1, 0.15) is 17.7 Å². The lowest BCUT2D eigenvalue weighted by atomic mass is 9.91. The van der Waals surface area contributed by atoms with E-state index in [4.69, 9.17) is 0 Å². The van der Waals surface area contributed by atoms with Crippen LogP contribution < -0.4 is 0 Å². The maximum atomic E-state index is 13.4. The predicted octanol–water partition coefficient (Wildman–Crippen LogP) is 3.50. The van der Waals surface area contributed by atoms with Crippen molar-refractivity contribution in [2.24, 2.45) is 0 Å². The van der Waals surface area contributed by atoms with Crippen LogP contribution in [0, 0.1) is 11.6 Å². The van der Waals surface area contributed by atoms with Gasteiger partial charge in [-0.15, -0.1) is 0 Å². The average Bonchev–Trinajstić information content (AvgIpc) is 2.29. The highest BCUT2D eigenvalue weighted by Gasteiger charge is 2.18. The van der Waals surface area contributed by atoms with Gasteiger partial charge in [0.15, 0.2) is 0 Å². The second-order valence-electron chi connectivity index (χ2n) is 4.09. The van der Waals surface area contributed by atoms with E-state index < -0.39 is 17.7 Å². The molecule has 0 spiro atoms. The summed E-state index contributed by atoms with van der Waals surface area (Å²) in [4.78, 5) is 0. The Morgan fingerprint density at radius 2 is 2.00 bits per heavy atom. The molecule has 1 aromatic carbocycles. The number of benzene rings is 1. The molecule has 3 heteroatoms. The van der Waals surface area contributed by atoms with E-state index in [1.807, 2.05) is 6.08 Å². The SMILES string of the molecule is OC(C1=CCCCC1)c1ccc(F)cc1F. The van der Waals surface area contributed by atoms with Gasteiger partial charge in [-0.05, 0) is 37.3 Å². The molecule has 0 amide bonds. The fraction of sp³-hybridized carbons (Fsp3) is 0.385. The minimum absolute atomic E-state index is 0.162. The molecule has 1 unspecified atom stereocenters. The van der Waals surface area contributed by atoms with Crippen molar-refractivity contribution < 1.29 is 13.9 Å². The van der Waals surface area contributed by atoms with E-state index in [-0.39, 0.29) is 5.56 Å². The van der Waals surface area contributed by atoms with Gasteiger partial charge in [-0.2, -0.15) is 0 Å². The van der Waals surface area contributed by atoms with Crippen LogP contribution in [0.3, 0.4) is 0 Å². The van der Waals surface area contributed by atoms with Crippen LogP contribution in [0.15, 0.2) is 29.8 Å². The molecule has 0 bridgehead atoms. The molecule has 1 aromatic rings. The molecule has 86 valence electrons. The third-order valence-corrected chi connectivity index (χ3v) is 2.93. The topological polar surface area (TPSA) is 20.2 Å². The Labute approximate surface area is 93.4 Å². The molecule has 1 nitrogen and oxygen atoms in total. The zero-order chi connectivity index (χ0) is 11.5. The first-order chi connectivity index (χ1) is 7.68. The first kappa shape index (κ1) is 11.3. The van der Waals surface area contributed by atoms with E-state index in [0.29, 0.717) is 0 Å². The fourth-order valence-electron chi connectivity index (χ4n) is 2.03. The van der Waals surface area contributed by atoms with Gasteiger partial charge < -0.3 is 5.11 Å². The standard InChI is InChI=1S/C13H14F2O/c14-10-6-7-11(12(15)8-10)13(16)9-4-2-1-3-5-9/h4,6-8,13,16H,1-3,5H2. The number of halogens is 2. The van der Waals surface area contributed by atoms with Gasteiger partial charge in [0.05, 0.1) is 0 Å². The van der Waals surface area contributed by atoms with Gasteiger partial charge >= 0.3 is 0 Å². The maximum Gasteiger partial charge on any atom is 0.132 e. The molecule has 0 saturated heterocycles. The van der Waals surface area contributed by atoms with Crippen molar-refractivity contribution in [2.75, 3.05) is 0 Å². The van der Waals surface area contributed by atoms with Crippen LogP contribution in [0.1, 0.15) is 37.4 Å². The first-order valence-electron chi connectivity index (χ1n) is 5.50. The van der Waals surface area contributed by atoms with Crippen LogP contribution in [-0.4, -0.2) is 5.11 Å². The summed E-state index contributed by atoms with van der Waals surface area (Å²) in [6.07, 6.45) is 4.87. The molecule has 1 atom stereocenters. The molecule has 1 aliphatic carbocycles. The van der Waals surface area contributed by atoms with Crippen molar-refractivity contribution in [1.82, 2.24) is 0 Å². The van der Waals surface area contributed by atoms with Gasteiger partial charge in [-0.3, -0.25) is 0 Å². The molecule has 0 heterocycles. The van der Waals surface area contributed by atoms with Crippen molar-refractivity contribution >= 4 is 0 Å². The highest BCUT2D eigenvalue weighted by molar-refractivity contribution is 5.28. The Hall–Kier alpha value is -1.22. The summed E-state index contributed by atoms with van der Waals surface area (Å²) in [7, 11) is 0. The third-order valence-electron chi connectivity index (χ3n) is 2.93. The summed E-state index contributed by atoms with van der Waals surface area (Å²) in [5, 5.41) is 9.99. The summed E-state index contributed by atoms with van der Waals surface area (Å²) in [5.41, 5.74) is 1.01. The lowest BCUT2D eigenvalue weighted by molar-refractivity contribution is 0.203. The van der Waals surface area contributed by atoms with E-state index in [2.05, 4.69) is 0 Å². The number of rotatable bonds is 2. The molecule has 16 heavy (non-hydrogen) atoms. The zero-order valence-corrected chi connectivity index (χ0v) is 8.92. The highest BCUT2D eigenvalue weighted by atomic mass is 19.1. The van der Waals surface area contributed by atoms with E-state index in [9.17, 15) is 13.9 Å². The van der Waals surface area contributed by atoms with Gasteiger partial charge in [0.25, 0.3) is 0 Å². The molecular formula is C13H14F2O. The summed E-state index contributed by atoms with van der Waals surface area (Å²) in [5.74, 6) is -1.30. The van der Waals surface area contributed by atoms with Crippen molar-refractivity contribution in [3.63, 3.8) is 0 Å². The zero-order valence-electron chi connectivity index (χ0n) is 8.92. The molecule has 0 fully saturated rings. The molecule has 1 N–H and O–H groups in total. The van der Waals surface area contributed by atoms with E-state index in [1.54, 1.807) is 0 Å². The second-order valence-corrected chi connectivity index (χ2v) is 4.09. The van der Waals surface area contributed by atoms with Crippen LogP contribution in [0.25, 0.3) is 0 Å².